The van der Waals surface area contributed by atoms with E-state index in [1.807, 2.05) is 0 Å². The Morgan fingerprint density at radius 1 is 0.370 bits per heavy atom. The van der Waals surface area contributed by atoms with Gasteiger partial charge in [0.05, 0.1) is 106 Å². The van der Waals surface area contributed by atoms with Crippen LogP contribution in [0, 0.1) is 0 Å². The number of ether oxygens (including phenoxy) is 12. The summed E-state index contributed by atoms with van der Waals surface area (Å²) >= 11 is 0. The minimum atomic E-state index is -0.191. The highest BCUT2D eigenvalue weighted by molar-refractivity contribution is 8.77. The number of esters is 2. The summed E-state index contributed by atoms with van der Waals surface area (Å²) in [5.41, 5.74) is 16.2. The average molecular weight is 1350 g/mol. The highest BCUT2D eigenvalue weighted by Crippen LogP contribution is 2.43. The molecule has 0 N–H and O–H groups in total. The van der Waals surface area contributed by atoms with Crippen LogP contribution in [-0.2, 0) is 117 Å². The molecule has 2 saturated heterocycles. The summed E-state index contributed by atoms with van der Waals surface area (Å²) in [5, 5.41) is -0.181. The van der Waals surface area contributed by atoms with Gasteiger partial charge in [-0.05, 0) is 125 Å². The zero-order valence-electron chi connectivity index (χ0n) is 57.3. The maximum atomic E-state index is 12.5. The zero-order chi connectivity index (χ0) is 65.7. The lowest BCUT2D eigenvalue weighted by atomic mass is 9.77. The van der Waals surface area contributed by atoms with E-state index in [9.17, 15) is 9.59 Å². The number of fused-ring (bicyclic) bond motifs is 2. The topological polar surface area (TPSA) is 145 Å². The molecule has 18 heteroatoms. The van der Waals surface area contributed by atoms with Crippen molar-refractivity contribution >= 4 is 55.1 Å². The number of carbonyl (C=O) groups excluding carboxylic acids is 2. The van der Waals surface area contributed by atoms with E-state index in [1.54, 1.807) is 43.2 Å². The molecule has 2 unspecified atom stereocenters. The van der Waals surface area contributed by atoms with Gasteiger partial charge in [0.2, 0.25) is 0 Å². The van der Waals surface area contributed by atoms with Crippen molar-refractivity contribution in [3.05, 3.63) is 126 Å². The van der Waals surface area contributed by atoms with Crippen molar-refractivity contribution in [1.29, 1.82) is 0 Å². The van der Waals surface area contributed by atoms with E-state index in [4.69, 9.17) is 56.8 Å². The van der Waals surface area contributed by atoms with Gasteiger partial charge in [0.25, 0.3) is 0 Å². The Kier molecular flexibility index (Phi) is 29.2. The first kappa shape index (κ1) is 74.3. The highest BCUT2D eigenvalue weighted by Gasteiger charge is 2.31. The first-order valence-corrected chi connectivity index (χ1v) is 38.2. The minimum Gasteiger partial charge on any atom is -0.491 e. The quantitative estimate of drug-likeness (QED) is 0.0368. The van der Waals surface area contributed by atoms with E-state index in [-0.39, 0.29) is 57.3 Å². The van der Waals surface area contributed by atoms with Crippen LogP contribution >= 0.6 is 43.2 Å². The SMILES string of the molecule is CC(C)(C)c1cc2c3c(c1)Cc1cc(C(C)(C)C)cc(c1OCCOCCOCCOC(=O)C1CCSS1)Cc1cc(C(C)(C)C)cc(c1CCOCCOCCOCCOCC3)Cc1cc(C(C)(C)C)cc(c1OCCOCCOCCOC(=O)C1CCSS1)C2. The smallest absolute Gasteiger partial charge is 0.320 e. The molecule has 0 aromatic heterocycles. The largest absolute Gasteiger partial charge is 0.491 e. The van der Waals surface area contributed by atoms with Gasteiger partial charge in [0.1, 0.15) is 48.4 Å². The van der Waals surface area contributed by atoms with Gasteiger partial charge < -0.3 is 56.8 Å². The molecule has 92 heavy (non-hydrogen) atoms. The summed E-state index contributed by atoms with van der Waals surface area (Å²) < 4.78 is 74.6. The monoisotopic (exact) mass is 1350 g/mol. The van der Waals surface area contributed by atoms with Gasteiger partial charge in [0, 0.05) is 37.2 Å². The minimum absolute atomic E-state index is 0.0905. The van der Waals surface area contributed by atoms with Crippen LogP contribution in [0.15, 0.2) is 48.5 Å². The van der Waals surface area contributed by atoms with Crippen molar-refractivity contribution in [2.75, 3.05) is 144 Å². The van der Waals surface area contributed by atoms with Crippen molar-refractivity contribution in [2.24, 2.45) is 0 Å². The fourth-order valence-electron chi connectivity index (χ4n) is 11.6. The third kappa shape index (κ3) is 23.1. The standard InChI is InChI=1S/C74H106O14S4/c1-71(2,3)59-43-51-39-55-47-61(73(7,8)9)49-57(67(55)85-33-29-81-25-27-83-31-35-87-69(75)65-15-37-89-91-65)41-53-45-60(72(4,5)6)46-54-42-58-50-62(74(10,11)12)48-56(68(58)86-34-30-82-26-28-84-32-36-88-70(76)66-16-38-90-92-66)40-52(44-59)63(51)13-17-77-19-21-79-23-24-80-22-20-78-18-14-64(53)54/h43-50,65-66H,13-42H2,1-12H3. The Balaban J connectivity index is 1.21. The van der Waals surface area contributed by atoms with Gasteiger partial charge in [0.15, 0.2) is 0 Å². The highest BCUT2D eigenvalue weighted by atomic mass is 33.1. The van der Waals surface area contributed by atoms with Crippen LogP contribution in [0.25, 0.3) is 0 Å². The Labute approximate surface area is 566 Å². The predicted molar refractivity (Wildman–Crippen MR) is 376 cm³/mol. The van der Waals surface area contributed by atoms with Crippen LogP contribution < -0.4 is 9.47 Å². The zero-order valence-corrected chi connectivity index (χ0v) is 60.6. The van der Waals surface area contributed by atoms with E-state index in [2.05, 4.69) is 132 Å². The molecule has 1 aliphatic carbocycles. The molecule has 0 spiro atoms. The molecule has 3 heterocycles. The lowest BCUT2D eigenvalue weighted by molar-refractivity contribution is -0.145. The molecular weight excluding hydrogens is 1240 g/mol. The van der Waals surface area contributed by atoms with E-state index in [1.165, 1.54) is 55.6 Å². The lowest BCUT2D eigenvalue weighted by Gasteiger charge is -2.29. The first-order valence-electron chi connectivity index (χ1n) is 33.4. The second-order valence-electron chi connectivity index (χ2n) is 28.3. The van der Waals surface area contributed by atoms with E-state index < -0.39 is 0 Å². The molecule has 4 aromatic rings. The van der Waals surface area contributed by atoms with Crippen molar-refractivity contribution in [1.82, 2.24) is 0 Å². The van der Waals surface area contributed by atoms with Gasteiger partial charge in [-0.3, -0.25) is 9.59 Å². The molecule has 0 saturated carbocycles. The summed E-state index contributed by atoms with van der Waals surface area (Å²) in [6.07, 6.45) is 5.53. The van der Waals surface area contributed by atoms with Crippen LogP contribution in [0.3, 0.4) is 0 Å². The van der Waals surface area contributed by atoms with Crippen LogP contribution in [0.5, 0.6) is 11.5 Å². The molecule has 8 rings (SSSR count). The van der Waals surface area contributed by atoms with Gasteiger partial charge >= 0.3 is 11.9 Å². The molecule has 2 atom stereocenters. The second-order valence-corrected chi connectivity index (χ2v) is 33.7. The molecule has 2 fully saturated rings. The second kappa shape index (κ2) is 36.2. The van der Waals surface area contributed by atoms with Gasteiger partial charge in [-0.25, -0.2) is 0 Å². The first-order chi connectivity index (χ1) is 44.0. The van der Waals surface area contributed by atoms with Crippen molar-refractivity contribution in [2.45, 2.75) is 167 Å². The van der Waals surface area contributed by atoms with Crippen LogP contribution in [-0.4, -0.2) is 166 Å². The van der Waals surface area contributed by atoms with Crippen molar-refractivity contribution in [3.8, 4) is 11.5 Å². The summed E-state index contributed by atoms with van der Waals surface area (Å²) in [4.78, 5) is 24.9. The van der Waals surface area contributed by atoms with Crippen LogP contribution in [0.2, 0.25) is 0 Å². The number of hydrogen-bond donors (Lipinski definition) is 0. The lowest BCUT2D eigenvalue weighted by Crippen LogP contribution is -2.21. The maximum Gasteiger partial charge on any atom is 0.320 e. The van der Waals surface area contributed by atoms with Crippen LogP contribution in [0.4, 0.5) is 0 Å². The molecule has 14 nitrogen and oxygen atoms in total. The van der Waals surface area contributed by atoms with E-state index in [0.717, 1.165) is 58.1 Å². The third-order valence-corrected chi connectivity index (χ3v) is 22.5. The number of hydrogen-bond acceptors (Lipinski definition) is 18. The summed E-state index contributed by atoms with van der Waals surface area (Å²) in [5.74, 6) is 3.40. The predicted octanol–water partition coefficient (Wildman–Crippen LogP) is 13.9. The van der Waals surface area contributed by atoms with Gasteiger partial charge in [-0.15, -0.1) is 0 Å². The molecule has 0 radical (unpaired) electrons. The molecule has 4 aromatic carbocycles. The number of carbonyl (C=O) groups is 2. The normalized spacial score (nSPS) is 18.3. The van der Waals surface area contributed by atoms with Crippen LogP contribution in [0.1, 0.15) is 174 Å². The maximum absolute atomic E-state index is 12.5. The molecule has 4 aliphatic rings. The van der Waals surface area contributed by atoms with E-state index in [0.29, 0.717) is 157 Å². The average Bonchev–Trinajstić information content (AvgIpc) is 0.894. The Morgan fingerprint density at radius 3 is 0.902 bits per heavy atom. The number of benzene rings is 4. The van der Waals surface area contributed by atoms with E-state index >= 15 is 0 Å². The fraction of sp³-hybridized carbons (Fsp3) is 0.649. The molecule has 510 valence electrons. The Morgan fingerprint density at radius 2 is 0.630 bits per heavy atom. The molecule has 0 amide bonds. The molecule has 10 bridgehead atoms. The molecule has 3 aliphatic heterocycles. The van der Waals surface area contributed by atoms with Gasteiger partial charge in [-0.2, -0.15) is 0 Å². The van der Waals surface area contributed by atoms with Crippen molar-refractivity contribution in [3.63, 3.8) is 0 Å². The summed E-state index contributed by atoms with van der Waals surface area (Å²) in [6, 6.07) is 19.4. The number of rotatable bonds is 22. The summed E-state index contributed by atoms with van der Waals surface area (Å²) in [7, 11) is 6.63. The fourth-order valence-corrected chi connectivity index (χ4v) is 16.9. The summed E-state index contributed by atoms with van der Waals surface area (Å²) in [6.45, 7) is 35.5. The van der Waals surface area contributed by atoms with Crippen molar-refractivity contribution < 1.29 is 66.4 Å². The molecular formula is C74H106O14S4. The Hall–Kier alpha value is -3.50. The third-order valence-electron chi connectivity index (χ3n) is 16.9. The van der Waals surface area contributed by atoms with Gasteiger partial charge in [-0.1, -0.05) is 175 Å². The Bertz CT molecular complexity index is 2690.